The van der Waals surface area contributed by atoms with Crippen LogP contribution in [0.4, 0.5) is 13.6 Å². The Labute approximate surface area is 199 Å². The van der Waals surface area contributed by atoms with E-state index >= 15 is 0 Å². The van der Waals surface area contributed by atoms with Crippen molar-refractivity contribution in [2.75, 3.05) is 13.1 Å². The molecule has 35 heavy (non-hydrogen) atoms. The van der Waals surface area contributed by atoms with Crippen molar-refractivity contribution in [3.63, 3.8) is 0 Å². The second-order valence-corrected chi connectivity index (χ2v) is 9.92. The van der Waals surface area contributed by atoms with Gasteiger partial charge in [0.25, 0.3) is 0 Å². The second kappa shape index (κ2) is 9.34. The van der Waals surface area contributed by atoms with Crippen LogP contribution in [0.5, 0.6) is 5.88 Å². The number of carbonyl (C=O) groups excluding carboxylic acids is 1. The fourth-order valence-corrected chi connectivity index (χ4v) is 4.48. The normalized spacial score (nSPS) is 15.1. The van der Waals surface area contributed by atoms with Crippen molar-refractivity contribution in [2.45, 2.75) is 43.8 Å². The van der Waals surface area contributed by atoms with Gasteiger partial charge in [-0.25, -0.2) is 32.1 Å². The standard InChI is InChI=1S/C21H24F2N6O5S/c1-11(2)33-21(30)29-6-4-12(5-7-29)34-20-18-17(25-10-26-20)19(28(3)27-18)13-8-15(23)16(9-14(13)22)35(24,31)32/h8-12H,4-7H2,1-3H3,(H2,24,31,32). The Balaban J connectivity index is 1.61. The molecule has 188 valence electrons. The zero-order valence-corrected chi connectivity index (χ0v) is 20.1. The van der Waals surface area contributed by atoms with E-state index in [1.807, 2.05) is 0 Å². The second-order valence-electron chi connectivity index (χ2n) is 8.39. The third kappa shape index (κ3) is 5.03. The van der Waals surface area contributed by atoms with Gasteiger partial charge in [0.2, 0.25) is 15.9 Å². The quantitative estimate of drug-likeness (QED) is 0.551. The zero-order chi connectivity index (χ0) is 25.5. The first-order valence-electron chi connectivity index (χ1n) is 10.8. The molecule has 0 saturated carbocycles. The maximum absolute atomic E-state index is 14.8. The Morgan fingerprint density at radius 1 is 1.14 bits per heavy atom. The number of likely N-dealkylation sites (tertiary alicyclic amines) is 1. The third-order valence-corrected chi connectivity index (χ3v) is 6.41. The number of carbonyl (C=O) groups is 1. The van der Waals surface area contributed by atoms with E-state index in [4.69, 9.17) is 14.6 Å². The summed E-state index contributed by atoms with van der Waals surface area (Å²) in [7, 11) is -2.94. The SMILES string of the molecule is CC(C)OC(=O)N1CCC(Oc2ncnc3c(-c4cc(F)c(S(N)(=O)=O)cc4F)n(C)nc23)CC1. The van der Waals surface area contributed by atoms with Crippen LogP contribution in [0.25, 0.3) is 22.3 Å². The van der Waals surface area contributed by atoms with Gasteiger partial charge in [-0.1, -0.05) is 0 Å². The average Bonchev–Trinajstić information content (AvgIpc) is 3.11. The number of ether oxygens (including phenoxy) is 2. The molecule has 0 bridgehead atoms. The van der Waals surface area contributed by atoms with Gasteiger partial charge < -0.3 is 14.4 Å². The number of rotatable bonds is 5. The van der Waals surface area contributed by atoms with Crippen molar-refractivity contribution in [3.05, 3.63) is 30.1 Å². The highest BCUT2D eigenvalue weighted by atomic mass is 32.2. The van der Waals surface area contributed by atoms with Crippen molar-refractivity contribution in [1.82, 2.24) is 24.6 Å². The van der Waals surface area contributed by atoms with E-state index < -0.39 is 26.6 Å². The number of aromatic nitrogens is 4. The molecule has 1 aliphatic rings. The van der Waals surface area contributed by atoms with Crippen molar-refractivity contribution < 1.29 is 31.5 Å². The van der Waals surface area contributed by atoms with Gasteiger partial charge in [-0.05, 0) is 26.0 Å². The Kier molecular flexibility index (Phi) is 6.60. The molecule has 3 aromatic rings. The van der Waals surface area contributed by atoms with Crippen molar-refractivity contribution in [2.24, 2.45) is 12.2 Å². The summed E-state index contributed by atoms with van der Waals surface area (Å²) in [4.78, 5) is 21.1. The van der Waals surface area contributed by atoms with Gasteiger partial charge in [-0.3, -0.25) is 4.68 Å². The van der Waals surface area contributed by atoms with Crippen LogP contribution in [-0.2, 0) is 21.8 Å². The smallest absolute Gasteiger partial charge is 0.410 e. The summed E-state index contributed by atoms with van der Waals surface area (Å²) in [5.41, 5.74) is 0.275. The molecule has 0 radical (unpaired) electrons. The molecule has 0 spiro atoms. The number of hydrogen-bond donors (Lipinski definition) is 1. The number of nitrogens with two attached hydrogens (primary N) is 1. The minimum absolute atomic E-state index is 0.107. The number of primary sulfonamides is 1. The summed E-state index contributed by atoms with van der Waals surface area (Å²) in [6, 6.07) is 1.26. The molecule has 0 atom stereocenters. The number of hydrogen-bond acceptors (Lipinski definition) is 8. The van der Waals surface area contributed by atoms with Gasteiger partial charge in [-0.15, -0.1) is 0 Å². The number of nitrogens with zero attached hydrogens (tertiary/aromatic N) is 5. The lowest BCUT2D eigenvalue weighted by Gasteiger charge is -2.31. The minimum Gasteiger partial charge on any atom is -0.473 e. The van der Waals surface area contributed by atoms with Crippen LogP contribution in [0.1, 0.15) is 26.7 Å². The molecule has 2 aromatic heterocycles. The lowest BCUT2D eigenvalue weighted by atomic mass is 10.1. The first-order chi connectivity index (χ1) is 16.5. The number of aryl methyl sites for hydroxylation is 1. The van der Waals surface area contributed by atoms with Crippen LogP contribution in [-0.4, -0.2) is 64.5 Å². The topological polar surface area (TPSA) is 143 Å². The number of amides is 1. The Morgan fingerprint density at radius 2 is 1.83 bits per heavy atom. The first kappa shape index (κ1) is 24.7. The van der Waals surface area contributed by atoms with Crippen LogP contribution in [0.15, 0.2) is 23.4 Å². The predicted molar refractivity (Wildman–Crippen MR) is 120 cm³/mol. The first-order valence-corrected chi connectivity index (χ1v) is 12.3. The Hall–Kier alpha value is -3.39. The number of sulfonamides is 1. The molecule has 1 amide bonds. The molecular weight excluding hydrogens is 486 g/mol. The fourth-order valence-electron chi connectivity index (χ4n) is 3.89. The van der Waals surface area contributed by atoms with E-state index in [9.17, 15) is 22.0 Å². The lowest BCUT2D eigenvalue weighted by Crippen LogP contribution is -2.42. The lowest BCUT2D eigenvalue weighted by molar-refractivity contribution is 0.0510. The molecule has 1 fully saturated rings. The number of halogens is 2. The van der Waals surface area contributed by atoms with E-state index in [2.05, 4.69) is 15.1 Å². The molecule has 0 unspecified atom stereocenters. The molecule has 2 N–H and O–H groups in total. The van der Waals surface area contributed by atoms with E-state index in [-0.39, 0.29) is 46.5 Å². The number of piperidine rings is 1. The summed E-state index contributed by atoms with van der Waals surface area (Å²) in [6.45, 7) is 4.45. The third-order valence-electron chi connectivity index (χ3n) is 5.48. The van der Waals surface area contributed by atoms with Crippen molar-refractivity contribution >= 4 is 27.1 Å². The summed E-state index contributed by atoms with van der Waals surface area (Å²) < 4.78 is 64.8. The number of fused-ring (bicyclic) bond motifs is 1. The summed E-state index contributed by atoms with van der Waals surface area (Å²) in [6.07, 6.45) is 1.44. The highest BCUT2D eigenvalue weighted by Gasteiger charge is 2.28. The van der Waals surface area contributed by atoms with Crippen LogP contribution in [0.3, 0.4) is 0 Å². The van der Waals surface area contributed by atoms with E-state index in [0.29, 0.717) is 32.0 Å². The molecular formula is C21H24F2N6O5S. The largest absolute Gasteiger partial charge is 0.473 e. The maximum atomic E-state index is 14.8. The monoisotopic (exact) mass is 510 g/mol. The molecule has 1 aliphatic heterocycles. The van der Waals surface area contributed by atoms with Gasteiger partial charge in [0, 0.05) is 38.5 Å². The molecule has 4 rings (SSSR count). The van der Waals surface area contributed by atoms with Gasteiger partial charge in [-0.2, -0.15) is 10.1 Å². The highest BCUT2D eigenvalue weighted by Crippen LogP contribution is 2.34. The average molecular weight is 511 g/mol. The zero-order valence-electron chi connectivity index (χ0n) is 19.2. The molecule has 1 saturated heterocycles. The minimum atomic E-state index is -4.45. The Morgan fingerprint density at radius 3 is 2.46 bits per heavy atom. The van der Waals surface area contributed by atoms with Crippen LogP contribution >= 0.6 is 0 Å². The van der Waals surface area contributed by atoms with Gasteiger partial charge in [0.05, 0.1) is 11.8 Å². The van der Waals surface area contributed by atoms with E-state index in [1.54, 1.807) is 18.7 Å². The highest BCUT2D eigenvalue weighted by molar-refractivity contribution is 7.89. The van der Waals surface area contributed by atoms with Gasteiger partial charge in [0.1, 0.15) is 34.5 Å². The summed E-state index contributed by atoms with van der Waals surface area (Å²) in [5, 5.41) is 9.28. The van der Waals surface area contributed by atoms with E-state index in [0.717, 1.165) is 6.07 Å². The maximum Gasteiger partial charge on any atom is 0.410 e. The van der Waals surface area contributed by atoms with Gasteiger partial charge in [0.15, 0.2) is 5.52 Å². The van der Waals surface area contributed by atoms with Crippen LogP contribution in [0, 0.1) is 11.6 Å². The van der Waals surface area contributed by atoms with E-state index in [1.165, 1.54) is 18.1 Å². The molecule has 11 nitrogen and oxygen atoms in total. The van der Waals surface area contributed by atoms with Crippen LogP contribution in [0.2, 0.25) is 0 Å². The number of benzene rings is 1. The van der Waals surface area contributed by atoms with Gasteiger partial charge >= 0.3 is 6.09 Å². The van der Waals surface area contributed by atoms with Crippen molar-refractivity contribution in [3.8, 4) is 17.1 Å². The Bertz CT molecular complexity index is 1390. The van der Waals surface area contributed by atoms with Crippen LogP contribution < -0.4 is 9.88 Å². The molecule has 0 aliphatic carbocycles. The van der Waals surface area contributed by atoms with Crippen molar-refractivity contribution in [1.29, 1.82) is 0 Å². The fraction of sp³-hybridized carbons (Fsp3) is 0.429. The summed E-state index contributed by atoms with van der Waals surface area (Å²) >= 11 is 0. The predicted octanol–water partition coefficient (Wildman–Crippen LogP) is 2.34. The molecule has 3 heterocycles. The summed E-state index contributed by atoms with van der Waals surface area (Å²) in [5.74, 6) is -2.06. The molecule has 14 heteroatoms. The molecule has 1 aromatic carbocycles.